The number of halogens is 1. The summed E-state index contributed by atoms with van der Waals surface area (Å²) in [5.74, 6) is 0.0854. The van der Waals surface area contributed by atoms with Crippen molar-refractivity contribution in [1.29, 1.82) is 5.26 Å². The molecule has 0 saturated heterocycles. The first-order chi connectivity index (χ1) is 14.0. The number of hydrogen-bond acceptors (Lipinski definition) is 3. The van der Waals surface area contributed by atoms with Crippen LogP contribution in [0.5, 0.6) is 5.75 Å². The molecule has 0 heterocycles. The zero-order valence-electron chi connectivity index (χ0n) is 18.4. The first-order valence-electron chi connectivity index (χ1n) is 10.3. The highest BCUT2D eigenvalue weighted by molar-refractivity contribution is 5.94. The zero-order chi connectivity index (χ0) is 22.3. The van der Waals surface area contributed by atoms with Crippen molar-refractivity contribution < 1.29 is 13.9 Å². The normalized spacial score (nSPS) is 21.4. The summed E-state index contributed by atoms with van der Waals surface area (Å²) >= 11 is 0. The van der Waals surface area contributed by atoms with Gasteiger partial charge in [-0.2, -0.15) is 5.26 Å². The number of rotatable bonds is 5. The van der Waals surface area contributed by atoms with Crippen LogP contribution >= 0.6 is 0 Å². The molecule has 0 radical (unpaired) electrons. The Morgan fingerprint density at radius 1 is 1.10 bits per heavy atom. The van der Waals surface area contributed by atoms with Crippen LogP contribution in [0.25, 0.3) is 0 Å². The van der Waals surface area contributed by atoms with Gasteiger partial charge in [0.1, 0.15) is 23.7 Å². The van der Waals surface area contributed by atoms with E-state index < -0.39 is 5.82 Å². The van der Waals surface area contributed by atoms with Gasteiger partial charge in [0.25, 0.3) is 5.91 Å². The monoisotopic (exact) mass is 408 g/mol. The maximum atomic E-state index is 14.0. The third kappa shape index (κ3) is 3.79. The minimum absolute atomic E-state index is 0.0110. The SMILES string of the molecule is CC(C)c1ccc(C(=O)NC2C(C)(C)C(Oc3ccc(C#N)c(F)c3)C2(C)C)cc1. The van der Waals surface area contributed by atoms with Crippen LogP contribution in [0.3, 0.4) is 0 Å². The third-order valence-corrected chi connectivity index (χ3v) is 6.27. The van der Waals surface area contributed by atoms with Gasteiger partial charge in [0.05, 0.1) is 5.56 Å². The first kappa shape index (κ1) is 21.8. The molecule has 2 aromatic carbocycles. The number of hydrogen-bond donors (Lipinski definition) is 1. The molecule has 1 aliphatic rings. The van der Waals surface area contributed by atoms with Crippen LogP contribution in [-0.2, 0) is 0 Å². The quantitative estimate of drug-likeness (QED) is 0.717. The molecule has 1 amide bonds. The van der Waals surface area contributed by atoms with Crippen molar-refractivity contribution in [2.24, 2.45) is 10.8 Å². The lowest BCUT2D eigenvalue weighted by molar-refractivity contribution is -0.164. The molecule has 0 unspecified atom stereocenters. The van der Waals surface area contributed by atoms with Gasteiger partial charge in [0, 0.05) is 28.5 Å². The van der Waals surface area contributed by atoms with Gasteiger partial charge < -0.3 is 10.1 Å². The molecule has 1 aliphatic carbocycles. The van der Waals surface area contributed by atoms with Gasteiger partial charge in [-0.1, -0.05) is 53.7 Å². The summed E-state index contributed by atoms with van der Waals surface area (Å²) in [5, 5.41) is 12.1. The van der Waals surface area contributed by atoms with Crippen LogP contribution < -0.4 is 10.1 Å². The highest BCUT2D eigenvalue weighted by atomic mass is 19.1. The second kappa shape index (κ2) is 7.75. The summed E-state index contributed by atoms with van der Waals surface area (Å²) in [5.41, 5.74) is 1.09. The second-order valence-corrected chi connectivity index (χ2v) is 9.58. The molecule has 1 fully saturated rings. The number of nitrogens with zero attached hydrogens (tertiary/aromatic N) is 1. The van der Waals surface area contributed by atoms with E-state index in [9.17, 15) is 9.18 Å². The van der Waals surface area contributed by atoms with Crippen LogP contribution in [0.1, 0.15) is 68.9 Å². The Morgan fingerprint density at radius 2 is 1.70 bits per heavy atom. The lowest BCUT2D eigenvalue weighted by Crippen LogP contribution is -2.74. The fourth-order valence-electron chi connectivity index (χ4n) is 4.83. The fourth-order valence-corrected chi connectivity index (χ4v) is 4.83. The highest BCUT2D eigenvalue weighted by Crippen LogP contribution is 2.55. The molecule has 1 saturated carbocycles. The van der Waals surface area contributed by atoms with E-state index in [0.717, 1.165) is 0 Å². The summed E-state index contributed by atoms with van der Waals surface area (Å²) in [4.78, 5) is 12.9. The molecular weight excluding hydrogens is 379 g/mol. The van der Waals surface area contributed by atoms with E-state index in [1.807, 2.05) is 58.0 Å². The number of ether oxygens (including phenoxy) is 1. The van der Waals surface area contributed by atoms with Crippen LogP contribution in [0.2, 0.25) is 0 Å². The van der Waals surface area contributed by atoms with Crippen molar-refractivity contribution in [2.45, 2.75) is 59.6 Å². The average Bonchev–Trinajstić information content (AvgIpc) is 2.69. The topological polar surface area (TPSA) is 62.1 Å². The van der Waals surface area contributed by atoms with Crippen molar-refractivity contribution in [3.05, 3.63) is 65.0 Å². The summed E-state index contributed by atoms with van der Waals surface area (Å²) in [7, 11) is 0. The minimum Gasteiger partial charge on any atom is -0.489 e. The predicted octanol–water partition coefficient (Wildman–Crippen LogP) is 5.43. The summed E-state index contributed by atoms with van der Waals surface area (Å²) < 4.78 is 20.1. The number of nitrogens with one attached hydrogen (secondary N) is 1. The molecule has 158 valence electrons. The Labute approximate surface area is 178 Å². The summed E-state index contributed by atoms with van der Waals surface area (Å²) in [6, 6.07) is 13.7. The van der Waals surface area contributed by atoms with Crippen molar-refractivity contribution in [1.82, 2.24) is 5.32 Å². The molecular formula is C25H29FN2O2. The number of benzene rings is 2. The minimum atomic E-state index is -0.598. The van der Waals surface area contributed by atoms with Crippen molar-refractivity contribution >= 4 is 5.91 Å². The second-order valence-electron chi connectivity index (χ2n) is 9.58. The van der Waals surface area contributed by atoms with E-state index in [4.69, 9.17) is 10.00 Å². The van der Waals surface area contributed by atoms with E-state index in [1.165, 1.54) is 17.7 Å². The van der Waals surface area contributed by atoms with E-state index in [1.54, 1.807) is 6.07 Å². The lowest BCUT2D eigenvalue weighted by Gasteiger charge is -2.63. The standard InChI is InChI=1S/C25H29FN2O2/c1-15(2)16-7-9-17(10-8-16)21(29)28-22-24(3,4)23(25(22,5)6)30-19-12-11-18(14-27)20(26)13-19/h7-13,15,22-23H,1-6H3,(H,28,29). The van der Waals surface area contributed by atoms with Gasteiger partial charge in [0.2, 0.25) is 0 Å². The molecule has 0 bridgehead atoms. The molecule has 3 rings (SSSR count). The van der Waals surface area contributed by atoms with E-state index in [-0.39, 0.29) is 34.4 Å². The summed E-state index contributed by atoms with van der Waals surface area (Å²) in [6.07, 6.45) is -0.231. The Morgan fingerprint density at radius 3 is 2.20 bits per heavy atom. The number of carbonyl (C=O) groups excluding carboxylic acids is 1. The first-order valence-corrected chi connectivity index (χ1v) is 10.3. The van der Waals surface area contributed by atoms with Gasteiger partial charge in [-0.15, -0.1) is 0 Å². The molecule has 4 nitrogen and oxygen atoms in total. The fraction of sp³-hybridized carbons (Fsp3) is 0.440. The van der Waals surface area contributed by atoms with Gasteiger partial charge in [-0.3, -0.25) is 4.79 Å². The molecule has 0 atom stereocenters. The molecule has 0 aromatic heterocycles. The maximum Gasteiger partial charge on any atom is 0.251 e. The van der Waals surface area contributed by atoms with Gasteiger partial charge in [-0.05, 0) is 35.7 Å². The maximum absolute atomic E-state index is 14.0. The summed E-state index contributed by atoms with van der Waals surface area (Å²) in [6.45, 7) is 12.4. The predicted molar refractivity (Wildman–Crippen MR) is 115 cm³/mol. The Balaban J connectivity index is 1.74. The molecule has 2 aromatic rings. The molecule has 0 spiro atoms. The third-order valence-electron chi connectivity index (χ3n) is 6.27. The van der Waals surface area contributed by atoms with Gasteiger partial charge in [-0.25, -0.2) is 4.39 Å². The van der Waals surface area contributed by atoms with Crippen LogP contribution in [0.4, 0.5) is 4.39 Å². The smallest absolute Gasteiger partial charge is 0.251 e. The van der Waals surface area contributed by atoms with Gasteiger partial charge >= 0.3 is 0 Å². The zero-order valence-corrected chi connectivity index (χ0v) is 18.4. The highest BCUT2D eigenvalue weighted by Gasteiger charge is 2.64. The Hall–Kier alpha value is -2.87. The molecule has 1 N–H and O–H groups in total. The van der Waals surface area contributed by atoms with Gasteiger partial charge in [0.15, 0.2) is 0 Å². The molecule has 0 aliphatic heterocycles. The van der Waals surface area contributed by atoms with E-state index >= 15 is 0 Å². The largest absolute Gasteiger partial charge is 0.489 e. The average molecular weight is 409 g/mol. The van der Waals surface area contributed by atoms with Crippen molar-refractivity contribution in [3.63, 3.8) is 0 Å². The lowest BCUT2D eigenvalue weighted by atomic mass is 9.49. The molecule has 5 heteroatoms. The van der Waals surface area contributed by atoms with Crippen LogP contribution in [0, 0.1) is 28.0 Å². The van der Waals surface area contributed by atoms with Crippen LogP contribution in [0.15, 0.2) is 42.5 Å². The van der Waals surface area contributed by atoms with Crippen molar-refractivity contribution in [2.75, 3.05) is 0 Å². The number of amides is 1. The molecule has 30 heavy (non-hydrogen) atoms. The number of carbonyl (C=O) groups is 1. The van der Waals surface area contributed by atoms with Crippen LogP contribution in [-0.4, -0.2) is 18.1 Å². The van der Waals surface area contributed by atoms with Crippen molar-refractivity contribution in [3.8, 4) is 11.8 Å². The Bertz CT molecular complexity index is 971. The Kier molecular flexibility index (Phi) is 5.64. The number of nitriles is 1. The van der Waals surface area contributed by atoms with E-state index in [0.29, 0.717) is 17.2 Å². The van der Waals surface area contributed by atoms with E-state index in [2.05, 4.69) is 19.2 Å².